The predicted molar refractivity (Wildman–Crippen MR) is 90.7 cm³/mol. The van der Waals surface area contributed by atoms with Gasteiger partial charge in [0.2, 0.25) is 0 Å². The van der Waals surface area contributed by atoms with Crippen molar-refractivity contribution in [3.05, 3.63) is 65.7 Å². The van der Waals surface area contributed by atoms with Crippen LogP contribution in [0.1, 0.15) is 11.1 Å². The van der Waals surface area contributed by atoms with E-state index in [0.717, 1.165) is 44.0 Å². The standard InChI is InChI=1S/C19H22N2O2/c22-19(15-21-10-12-23-13-11-21)20-18-9-5-4-8-17(18)14-16-6-2-1-3-7-16/h1-9H,10-15H2,(H,20,22)/p+1. The van der Waals surface area contributed by atoms with Crippen LogP contribution in [-0.2, 0) is 16.0 Å². The van der Waals surface area contributed by atoms with E-state index in [0.29, 0.717) is 6.54 Å². The molecule has 0 saturated carbocycles. The van der Waals surface area contributed by atoms with Gasteiger partial charge in [0.15, 0.2) is 6.54 Å². The average molecular weight is 311 g/mol. The van der Waals surface area contributed by atoms with Crippen LogP contribution in [0, 0.1) is 0 Å². The molecule has 0 atom stereocenters. The number of carbonyl (C=O) groups is 1. The second kappa shape index (κ2) is 7.90. The van der Waals surface area contributed by atoms with E-state index in [1.54, 1.807) is 0 Å². The zero-order chi connectivity index (χ0) is 15.9. The maximum absolute atomic E-state index is 12.3. The Hall–Kier alpha value is -2.17. The van der Waals surface area contributed by atoms with E-state index in [-0.39, 0.29) is 5.91 Å². The third-order valence-electron chi connectivity index (χ3n) is 4.14. The predicted octanol–water partition coefficient (Wildman–Crippen LogP) is 1.13. The molecule has 2 aromatic rings. The van der Waals surface area contributed by atoms with Crippen molar-refractivity contribution in [2.75, 3.05) is 38.2 Å². The molecule has 1 aliphatic rings. The van der Waals surface area contributed by atoms with Crippen molar-refractivity contribution in [3.63, 3.8) is 0 Å². The molecule has 2 aromatic carbocycles. The first kappa shape index (κ1) is 15.7. The van der Waals surface area contributed by atoms with E-state index in [2.05, 4.69) is 23.5 Å². The second-order valence-corrected chi connectivity index (χ2v) is 5.91. The monoisotopic (exact) mass is 311 g/mol. The van der Waals surface area contributed by atoms with Crippen LogP contribution in [-0.4, -0.2) is 38.8 Å². The summed E-state index contributed by atoms with van der Waals surface area (Å²) in [5.74, 6) is 0.0717. The van der Waals surface area contributed by atoms with Crippen molar-refractivity contribution < 1.29 is 14.4 Å². The number of para-hydroxylation sites is 1. The van der Waals surface area contributed by atoms with E-state index < -0.39 is 0 Å². The number of ether oxygens (including phenoxy) is 1. The van der Waals surface area contributed by atoms with Crippen LogP contribution in [0.25, 0.3) is 0 Å². The lowest BCUT2D eigenvalue weighted by Gasteiger charge is -2.23. The number of rotatable bonds is 5. The van der Waals surface area contributed by atoms with E-state index in [4.69, 9.17) is 4.74 Å². The van der Waals surface area contributed by atoms with Crippen LogP contribution in [0.4, 0.5) is 5.69 Å². The molecule has 0 spiro atoms. The van der Waals surface area contributed by atoms with Gasteiger partial charge in [-0.15, -0.1) is 0 Å². The van der Waals surface area contributed by atoms with Crippen LogP contribution in [0.2, 0.25) is 0 Å². The number of nitrogens with one attached hydrogen (secondary N) is 2. The molecule has 1 saturated heterocycles. The van der Waals surface area contributed by atoms with Gasteiger partial charge in [-0.05, 0) is 23.6 Å². The summed E-state index contributed by atoms with van der Waals surface area (Å²) in [5, 5.41) is 3.08. The highest BCUT2D eigenvalue weighted by atomic mass is 16.5. The molecule has 4 nitrogen and oxygen atoms in total. The molecule has 0 unspecified atom stereocenters. The number of benzene rings is 2. The Kier molecular flexibility index (Phi) is 5.40. The zero-order valence-electron chi connectivity index (χ0n) is 13.3. The van der Waals surface area contributed by atoms with Gasteiger partial charge in [-0.3, -0.25) is 4.79 Å². The quantitative estimate of drug-likeness (QED) is 0.869. The van der Waals surface area contributed by atoms with Crippen molar-refractivity contribution in [1.29, 1.82) is 0 Å². The molecule has 0 bridgehead atoms. The third kappa shape index (κ3) is 4.65. The first-order chi connectivity index (χ1) is 11.3. The van der Waals surface area contributed by atoms with Gasteiger partial charge >= 0.3 is 0 Å². The summed E-state index contributed by atoms with van der Waals surface area (Å²) in [6.45, 7) is 3.79. The molecule has 0 radical (unpaired) electrons. The highest BCUT2D eigenvalue weighted by Gasteiger charge is 2.18. The Labute approximate surface area is 137 Å². The van der Waals surface area contributed by atoms with Gasteiger partial charge in [-0.1, -0.05) is 48.5 Å². The molecule has 2 N–H and O–H groups in total. The van der Waals surface area contributed by atoms with E-state index >= 15 is 0 Å². The maximum atomic E-state index is 12.3. The largest absolute Gasteiger partial charge is 0.370 e. The van der Waals surface area contributed by atoms with Crippen molar-refractivity contribution in [1.82, 2.24) is 0 Å². The Morgan fingerprint density at radius 2 is 1.70 bits per heavy atom. The zero-order valence-corrected chi connectivity index (χ0v) is 13.3. The lowest BCUT2D eigenvalue weighted by atomic mass is 10.0. The summed E-state index contributed by atoms with van der Waals surface area (Å²) >= 11 is 0. The van der Waals surface area contributed by atoms with Crippen molar-refractivity contribution in [2.45, 2.75) is 6.42 Å². The van der Waals surface area contributed by atoms with Crippen molar-refractivity contribution in [3.8, 4) is 0 Å². The summed E-state index contributed by atoms with van der Waals surface area (Å²) in [6.07, 6.45) is 0.821. The summed E-state index contributed by atoms with van der Waals surface area (Å²) in [7, 11) is 0. The van der Waals surface area contributed by atoms with Gasteiger partial charge in [-0.2, -0.15) is 0 Å². The van der Waals surface area contributed by atoms with Gasteiger partial charge in [-0.25, -0.2) is 0 Å². The molecule has 1 fully saturated rings. The lowest BCUT2D eigenvalue weighted by Crippen LogP contribution is -3.15. The molecule has 3 rings (SSSR count). The van der Waals surface area contributed by atoms with Crippen LogP contribution in [0.5, 0.6) is 0 Å². The number of carbonyl (C=O) groups excluding carboxylic acids is 1. The number of hydrogen-bond donors (Lipinski definition) is 2. The second-order valence-electron chi connectivity index (χ2n) is 5.91. The summed E-state index contributed by atoms with van der Waals surface area (Å²) in [5.41, 5.74) is 3.30. The lowest BCUT2D eigenvalue weighted by molar-refractivity contribution is -0.899. The summed E-state index contributed by atoms with van der Waals surface area (Å²) in [6, 6.07) is 18.3. The molecule has 23 heavy (non-hydrogen) atoms. The molecule has 0 aliphatic carbocycles. The van der Waals surface area contributed by atoms with Crippen molar-refractivity contribution in [2.24, 2.45) is 0 Å². The first-order valence-corrected chi connectivity index (χ1v) is 8.14. The fourth-order valence-electron chi connectivity index (χ4n) is 2.87. The minimum Gasteiger partial charge on any atom is -0.370 e. The average Bonchev–Trinajstić information content (AvgIpc) is 2.58. The smallest absolute Gasteiger partial charge is 0.279 e. The number of amides is 1. The van der Waals surface area contributed by atoms with Crippen LogP contribution < -0.4 is 10.2 Å². The summed E-state index contributed by atoms with van der Waals surface area (Å²) < 4.78 is 5.33. The van der Waals surface area contributed by atoms with Gasteiger partial charge in [0.1, 0.15) is 13.1 Å². The molecular formula is C19H23N2O2+. The number of quaternary nitrogens is 1. The number of hydrogen-bond acceptors (Lipinski definition) is 2. The van der Waals surface area contributed by atoms with Crippen molar-refractivity contribution >= 4 is 11.6 Å². The third-order valence-corrected chi connectivity index (χ3v) is 4.14. The SMILES string of the molecule is O=C(C[NH+]1CCOCC1)Nc1ccccc1Cc1ccccc1. The van der Waals surface area contributed by atoms with Crippen LogP contribution >= 0.6 is 0 Å². The van der Waals surface area contributed by atoms with Crippen LogP contribution in [0.3, 0.4) is 0 Å². The van der Waals surface area contributed by atoms with Gasteiger partial charge in [0.25, 0.3) is 5.91 Å². The van der Waals surface area contributed by atoms with Gasteiger partial charge in [0, 0.05) is 5.69 Å². The fraction of sp³-hybridized carbons (Fsp3) is 0.316. The molecule has 120 valence electrons. The molecule has 4 heteroatoms. The highest BCUT2D eigenvalue weighted by Crippen LogP contribution is 2.18. The fourth-order valence-corrected chi connectivity index (χ4v) is 2.87. The Bertz CT molecular complexity index is 637. The minimum atomic E-state index is 0.0717. The van der Waals surface area contributed by atoms with Gasteiger partial charge in [0.05, 0.1) is 13.2 Å². The van der Waals surface area contributed by atoms with Crippen LogP contribution in [0.15, 0.2) is 54.6 Å². The minimum absolute atomic E-state index is 0.0717. The number of anilines is 1. The van der Waals surface area contributed by atoms with E-state index in [1.807, 2.05) is 36.4 Å². The molecule has 1 heterocycles. The Balaban J connectivity index is 1.64. The molecule has 1 aliphatic heterocycles. The summed E-state index contributed by atoms with van der Waals surface area (Å²) in [4.78, 5) is 13.6. The molecule has 0 aromatic heterocycles. The van der Waals surface area contributed by atoms with E-state index in [1.165, 1.54) is 10.5 Å². The molecular weight excluding hydrogens is 288 g/mol. The Morgan fingerprint density at radius 1 is 1.00 bits per heavy atom. The topological polar surface area (TPSA) is 42.8 Å². The number of morpholine rings is 1. The maximum Gasteiger partial charge on any atom is 0.279 e. The van der Waals surface area contributed by atoms with E-state index in [9.17, 15) is 4.79 Å². The normalized spacial score (nSPS) is 15.3. The first-order valence-electron chi connectivity index (χ1n) is 8.14. The Morgan fingerprint density at radius 3 is 2.48 bits per heavy atom. The highest BCUT2D eigenvalue weighted by molar-refractivity contribution is 5.92. The van der Waals surface area contributed by atoms with Gasteiger partial charge < -0.3 is 15.0 Å². The molecule has 1 amide bonds.